The van der Waals surface area contributed by atoms with Gasteiger partial charge in [0, 0.05) is 13.0 Å². The molecule has 0 spiro atoms. The maximum atomic E-state index is 14.5. The summed E-state index contributed by atoms with van der Waals surface area (Å²) in [6, 6.07) is 12.9. The zero-order chi connectivity index (χ0) is 43.2. The molecule has 3 heterocycles. The van der Waals surface area contributed by atoms with Gasteiger partial charge in [0.25, 0.3) is 5.91 Å². The number of ether oxygens (including phenoxy) is 1. The van der Waals surface area contributed by atoms with E-state index in [1.165, 1.54) is 5.01 Å². The molecule has 2 aromatic carbocycles. The number of hydrazine groups is 1. The first-order chi connectivity index (χ1) is 26.9. The van der Waals surface area contributed by atoms with E-state index in [2.05, 4.69) is 83.8 Å². The Morgan fingerprint density at radius 1 is 0.879 bits per heavy atom. The monoisotopic (exact) mass is 834 g/mol. The fourth-order valence-electron chi connectivity index (χ4n) is 6.44. The molecule has 3 amide bonds. The first-order valence-corrected chi connectivity index (χ1v) is 26.8. The number of fused-ring (bicyclic) bond motifs is 14. The third-order valence-corrected chi connectivity index (χ3v) is 21.1. The van der Waals surface area contributed by atoms with Crippen molar-refractivity contribution in [2.24, 2.45) is 11.8 Å². The molecule has 3 N–H and O–H groups in total. The second kappa shape index (κ2) is 19.1. The fraction of sp³-hybridized carbons (Fsp3) is 0.600. The van der Waals surface area contributed by atoms with E-state index in [1.54, 1.807) is 0 Å². The Morgan fingerprint density at radius 3 is 2.16 bits per heavy atom. The van der Waals surface area contributed by atoms with Crippen molar-refractivity contribution in [1.82, 2.24) is 21.1 Å². The van der Waals surface area contributed by atoms with Crippen molar-refractivity contribution >= 4 is 46.4 Å². The van der Waals surface area contributed by atoms with E-state index in [0.29, 0.717) is 31.6 Å². The largest absolute Gasteiger partial charge is 0.543 e. The van der Waals surface area contributed by atoms with Crippen LogP contribution in [0.3, 0.4) is 0 Å². The molecule has 13 heteroatoms. The van der Waals surface area contributed by atoms with Crippen molar-refractivity contribution in [3.63, 3.8) is 0 Å². The number of carbonyl (C=O) groups excluding carboxylic acids is 4. The molecule has 3 aliphatic heterocycles. The molecule has 3 aliphatic rings. The normalized spacial score (nSPS) is 24.3. The highest BCUT2D eigenvalue weighted by atomic mass is 28.4. The van der Waals surface area contributed by atoms with Crippen LogP contribution in [0.2, 0.25) is 36.3 Å². The van der Waals surface area contributed by atoms with E-state index in [4.69, 9.17) is 13.6 Å². The Bertz CT molecular complexity index is 1780. The predicted molar refractivity (Wildman–Crippen MR) is 236 cm³/mol. The highest BCUT2D eigenvalue weighted by Crippen LogP contribution is 2.42. The molecule has 0 radical (unpaired) electrons. The topological polar surface area (TPSA) is 135 Å². The van der Waals surface area contributed by atoms with Gasteiger partial charge < -0.3 is 24.2 Å². The van der Waals surface area contributed by atoms with Crippen molar-refractivity contribution in [1.29, 1.82) is 0 Å². The summed E-state index contributed by atoms with van der Waals surface area (Å²) in [4.78, 5) is 56.4. The molecule has 4 bridgehead atoms. The molecule has 0 saturated carbocycles. The van der Waals surface area contributed by atoms with Crippen LogP contribution in [0, 0.1) is 11.8 Å². The SMILES string of the molecule is CC(C)[C@@H]1NC(=O)[C@H](C)[C@H](O[Si](C)(C)C(C)(C)C)c2ccc(cc2)/C=C/CCOC(=O)[C@@H]2CCCN(N2)C(=O)[C@H](Cc2cccc(O[Si](C)(C)C(C)(C)C)c2)NC1=O. The van der Waals surface area contributed by atoms with Crippen LogP contribution in [0.15, 0.2) is 54.6 Å². The summed E-state index contributed by atoms with van der Waals surface area (Å²) >= 11 is 0. The van der Waals surface area contributed by atoms with Crippen LogP contribution in [-0.4, -0.2) is 76.6 Å². The van der Waals surface area contributed by atoms with Crippen molar-refractivity contribution < 1.29 is 32.8 Å². The van der Waals surface area contributed by atoms with Gasteiger partial charge in [-0.25, -0.2) is 5.43 Å². The van der Waals surface area contributed by atoms with E-state index < -0.39 is 58.7 Å². The average Bonchev–Trinajstić information content (AvgIpc) is 3.13. The molecule has 0 aliphatic carbocycles. The molecule has 11 nitrogen and oxygen atoms in total. The summed E-state index contributed by atoms with van der Waals surface area (Å²) in [6.07, 6.45) is 5.13. The van der Waals surface area contributed by atoms with Crippen molar-refractivity contribution in [3.05, 3.63) is 71.3 Å². The molecule has 0 aromatic heterocycles. The van der Waals surface area contributed by atoms with Gasteiger partial charge in [-0.2, -0.15) is 0 Å². The molecule has 5 rings (SSSR count). The molecule has 320 valence electrons. The summed E-state index contributed by atoms with van der Waals surface area (Å²) < 4.78 is 19.2. The lowest BCUT2D eigenvalue weighted by Crippen LogP contribution is -2.62. The van der Waals surface area contributed by atoms with Gasteiger partial charge in [-0.3, -0.25) is 24.2 Å². The molecular weight excluding hydrogens is 765 g/mol. The number of amides is 3. The van der Waals surface area contributed by atoms with Crippen LogP contribution >= 0.6 is 0 Å². The number of esters is 1. The number of nitrogens with zero attached hydrogens (tertiary/aromatic N) is 1. The zero-order valence-electron chi connectivity index (χ0n) is 37.3. The average molecular weight is 835 g/mol. The van der Waals surface area contributed by atoms with Gasteiger partial charge in [-0.05, 0) is 90.3 Å². The van der Waals surface area contributed by atoms with E-state index >= 15 is 0 Å². The first-order valence-electron chi connectivity index (χ1n) is 21.0. The van der Waals surface area contributed by atoms with Crippen LogP contribution in [0.1, 0.15) is 104 Å². The third kappa shape index (κ3) is 12.1. The zero-order valence-corrected chi connectivity index (χ0v) is 39.3. The van der Waals surface area contributed by atoms with Gasteiger partial charge in [0.2, 0.25) is 20.1 Å². The Hall–Kier alpha value is -3.79. The predicted octanol–water partition coefficient (Wildman–Crippen LogP) is 8.09. The van der Waals surface area contributed by atoms with Crippen LogP contribution in [-0.2, 0) is 34.8 Å². The number of hydrogen-bond acceptors (Lipinski definition) is 8. The maximum Gasteiger partial charge on any atom is 0.324 e. The first kappa shape index (κ1) is 46.9. The van der Waals surface area contributed by atoms with Gasteiger partial charge in [-0.15, -0.1) is 0 Å². The lowest BCUT2D eigenvalue weighted by molar-refractivity contribution is -0.153. The summed E-state index contributed by atoms with van der Waals surface area (Å²) in [5, 5.41) is 7.38. The highest BCUT2D eigenvalue weighted by Gasteiger charge is 2.43. The molecule has 1 fully saturated rings. The van der Waals surface area contributed by atoms with Crippen molar-refractivity contribution in [2.45, 2.75) is 148 Å². The number of hydrogen-bond donors (Lipinski definition) is 3. The third-order valence-electron chi connectivity index (χ3n) is 12.3. The Morgan fingerprint density at radius 2 is 1.53 bits per heavy atom. The second-order valence-electron chi connectivity index (χ2n) is 19.4. The molecular formula is C45H70N4O7Si2. The van der Waals surface area contributed by atoms with Gasteiger partial charge in [-0.1, -0.05) is 111 Å². The van der Waals surface area contributed by atoms with Gasteiger partial charge in [0.1, 0.15) is 23.9 Å². The van der Waals surface area contributed by atoms with E-state index in [-0.39, 0.29) is 40.8 Å². The number of nitrogens with one attached hydrogen (secondary N) is 3. The summed E-state index contributed by atoms with van der Waals surface area (Å²) in [6.45, 7) is 27.9. The van der Waals surface area contributed by atoms with Crippen molar-refractivity contribution in [2.75, 3.05) is 13.2 Å². The van der Waals surface area contributed by atoms with E-state index in [1.807, 2.05) is 81.5 Å². The molecule has 2 aromatic rings. The van der Waals surface area contributed by atoms with Crippen LogP contribution < -0.4 is 20.5 Å². The van der Waals surface area contributed by atoms with Crippen LogP contribution in [0.5, 0.6) is 5.75 Å². The molecule has 58 heavy (non-hydrogen) atoms. The van der Waals surface area contributed by atoms with E-state index in [0.717, 1.165) is 16.7 Å². The minimum absolute atomic E-state index is 0.0193. The molecule has 0 unspecified atom stereocenters. The number of benzene rings is 2. The lowest BCUT2D eigenvalue weighted by Gasteiger charge is -2.41. The Labute approximate surface area is 349 Å². The Kier molecular flexibility index (Phi) is 15.4. The summed E-state index contributed by atoms with van der Waals surface area (Å²) in [5.74, 6) is -1.86. The summed E-state index contributed by atoms with van der Waals surface area (Å²) in [7, 11) is -4.54. The fourth-order valence-corrected chi connectivity index (χ4v) is 8.79. The van der Waals surface area contributed by atoms with Gasteiger partial charge >= 0.3 is 5.97 Å². The van der Waals surface area contributed by atoms with E-state index in [9.17, 15) is 19.2 Å². The van der Waals surface area contributed by atoms with Crippen LogP contribution in [0.25, 0.3) is 6.08 Å². The molecule has 5 atom stereocenters. The van der Waals surface area contributed by atoms with Gasteiger partial charge in [0.05, 0.1) is 18.6 Å². The Balaban J connectivity index is 1.72. The molecule has 1 saturated heterocycles. The minimum Gasteiger partial charge on any atom is -0.543 e. The maximum absolute atomic E-state index is 14.5. The number of carbonyl (C=O) groups is 4. The van der Waals surface area contributed by atoms with Gasteiger partial charge in [0.15, 0.2) is 8.32 Å². The second-order valence-corrected chi connectivity index (χ2v) is 28.9. The highest BCUT2D eigenvalue weighted by molar-refractivity contribution is 6.75. The number of rotatable bonds is 7. The smallest absolute Gasteiger partial charge is 0.324 e. The van der Waals surface area contributed by atoms with Crippen molar-refractivity contribution in [3.8, 4) is 5.75 Å². The quantitative estimate of drug-likeness (QED) is 0.188. The lowest BCUT2D eigenvalue weighted by atomic mass is 9.94. The minimum atomic E-state index is -2.37. The van der Waals surface area contributed by atoms with Crippen LogP contribution in [0.4, 0.5) is 0 Å². The summed E-state index contributed by atoms with van der Waals surface area (Å²) in [5.41, 5.74) is 5.73. The standard InChI is InChI=1S/C45H70N4O7Si2/c1-30(2)38-41(51)46-37(29-33-19-16-20-35(28-33)55-57(10,11)44(4,5)6)42(52)49-26-17-21-36(48-49)43(53)54-27-15-14-18-32-22-24-34(25-23-32)39(31(3)40(50)47-38)56-58(12,13)45(7,8)9/h14,16,18-20,22-25,28,30-31,36-39,48H,15,17,21,26-27,29H2,1-13H3,(H,46,51)(H,47,50)/b18-14+/t31-,36+,37+,38+,39+/m1/s1.